The molecular weight excluding hydrogens is 272 g/mol. The van der Waals surface area contributed by atoms with Gasteiger partial charge in [-0.05, 0) is 20.8 Å². The molecule has 8 heteroatoms. The summed E-state index contributed by atoms with van der Waals surface area (Å²) >= 11 is 0. The molecule has 0 aromatic carbocycles. The van der Waals surface area contributed by atoms with E-state index in [4.69, 9.17) is 0 Å². The molecule has 1 aliphatic heterocycles. The molecule has 1 heterocycles. The van der Waals surface area contributed by atoms with Crippen LogP contribution >= 0.6 is 0 Å². The predicted molar refractivity (Wildman–Crippen MR) is 70.9 cm³/mol. The van der Waals surface area contributed by atoms with E-state index in [-0.39, 0.29) is 18.4 Å². The maximum absolute atomic E-state index is 9.68. The largest absolute Gasteiger partial charge is 0.726 e. The molecule has 0 saturated heterocycles. The Bertz CT molecular complexity index is 394. The van der Waals surface area contributed by atoms with Gasteiger partial charge in [-0.25, -0.2) is 18.3 Å². The summed E-state index contributed by atoms with van der Waals surface area (Å²) in [5.41, 5.74) is -0.214. The topological polar surface area (TPSA) is 102 Å². The molecule has 2 atom stereocenters. The fraction of sp³-hybridized carbons (Fsp3) is 0.909. The molecule has 0 fully saturated rings. The van der Waals surface area contributed by atoms with Gasteiger partial charge in [0.05, 0.1) is 13.2 Å². The lowest BCUT2D eigenvalue weighted by Gasteiger charge is -2.28. The van der Waals surface area contributed by atoms with Crippen LogP contribution in [0, 0.1) is 0 Å². The maximum Gasteiger partial charge on any atom is 0.242 e. The van der Waals surface area contributed by atoms with Gasteiger partial charge in [0.25, 0.3) is 0 Å². The Morgan fingerprint density at radius 1 is 1.53 bits per heavy atom. The summed E-state index contributed by atoms with van der Waals surface area (Å²) in [5.74, 6) is 0. The normalized spacial score (nSPS) is 24.4. The maximum atomic E-state index is 9.68. The van der Waals surface area contributed by atoms with E-state index >= 15 is 0 Å². The van der Waals surface area contributed by atoms with Gasteiger partial charge in [-0.1, -0.05) is 6.92 Å². The average molecular weight is 296 g/mol. The number of nitrogens with one attached hydrogen (secondary N) is 1. The molecule has 1 aliphatic rings. The third-order valence-corrected chi connectivity index (χ3v) is 3.59. The van der Waals surface area contributed by atoms with Crippen LogP contribution in [-0.2, 0) is 14.6 Å². The van der Waals surface area contributed by atoms with E-state index in [9.17, 15) is 18.1 Å². The van der Waals surface area contributed by atoms with Gasteiger partial charge in [-0.3, -0.25) is 4.18 Å². The van der Waals surface area contributed by atoms with Gasteiger partial charge in [-0.2, -0.15) is 0 Å². The summed E-state index contributed by atoms with van der Waals surface area (Å²) in [6.07, 6.45) is 2.71. The second-order valence-corrected chi connectivity index (χ2v) is 5.17. The van der Waals surface area contributed by atoms with Crippen molar-refractivity contribution in [2.24, 2.45) is 0 Å². The quantitative estimate of drug-likeness (QED) is 0.409. The van der Waals surface area contributed by atoms with Crippen LogP contribution in [0.5, 0.6) is 0 Å². The summed E-state index contributed by atoms with van der Waals surface area (Å²) in [7, 11) is -4.42. The van der Waals surface area contributed by atoms with Crippen molar-refractivity contribution in [3.8, 4) is 0 Å². The minimum absolute atomic E-state index is 0.0914. The highest BCUT2D eigenvalue weighted by atomic mass is 32.3. The molecule has 7 nitrogen and oxygen atoms in total. The number of aliphatic hydroxyl groups excluding tert-OH is 1. The summed E-state index contributed by atoms with van der Waals surface area (Å²) < 4.78 is 34.2. The molecule has 2 N–H and O–H groups in total. The lowest BCUT2D eigenvalue weighted by atomic mass is 10.0. The smallest absolute Gasteiger partial charge is 0.242 e. The van der Waals surface area contributed by atoms with Gasteiger partial charge in [0.2, 0.25) is 16.1 Å². The van der Waals surface area contributed by atoms with Crippen LogP contribution in [0.1, 0.15) is 34.1 Å². The lowest BCUT2D eigenvalue weighted by molar-refractivity contribution is -0.612. The number of nitrogens with zero attached hydrogens (tertiary/aromatic N) is 1. The Labute approximate surface area is 115 Å². The summed E-state index contributed by atoms with van der Waals surface area (Å²) in [6, 6.07) is 0. The van der Waals surface area contributed by atoms with E-state index in [0.717, 1.165) is 19.5 Å². The molecule has 0 aromatic rings. The second-order valence-electron chi connectivity index (χ2n) is 4.12. The third kappa shape index (κ3) is 5.53. The fourth-order valence-corrected chi connectivity index (χ4v) is 2.45. The Kier molecular flexibility index (Phi) is 7.68. The van der Waals surface area contributed by atoms with Crippen molar-refractivity contribution < 1.29 is 26.8 Å². The lowest BCUT2D eigenvalue weighted by Crippen LogP contribution is -2.56. The first-order valence-electron chi connectivity index (χ1n) is 6.36. The molecule has 2 unspecified atom stereocenters. The van der Waals surface area contributed by atoms with Crippen LogP contribution in [0.2, 0.25) is 0 Å². The molecule has 0 spiro atoms. The zero-order valence-corrected chi connectivity index (χ0v) is 12.7. The van der Waals surface area contributed by atoms with Crippen LogP contribution in [0.25, 0.3) is 0 Å². The molecule has 0 bridgehead atoms. The molecule has 0 amide bonds. The van der Waals surface area contributed by atoms with Crippen molar-refractivity contribution in [1.29, 1.82) is 0 Å². The van der Waals surface area contributed by atoms with Crippen LogP contribution in [0.3, 0.4) is 0 Å². The van der Waals surface area contributed by atoms with Crippen LogP contribution in [0.4, 0.5) is 0 Å². The number of rotatable bonds is 5. The van der Waals surface area contributed by atoms with Crippen LogP contribution in [-0.4, -0.2) is 60.3 Å². The number of hydrogen-bond donors (Lipinski definition) is 2. The van der Waals surface area contributed by atoms with E-state index in [0.29, 0.717) is 0 Å². The predicted octanol–water partition coefficient (Wildman–Crippen LogP) is -0.337. The van der Waals surface area contributed by atoms with Crippen molar-refractivity contribution in [3.63, 3.8) is 0 Å². The van der Waals surface area contributed by atoms with E-state index in [1.165, 1.54) is 6.92 Å². The van der Waals surface area contributed by atoms with E-state index in [2.05, 4.69) is 34.1 Å². The van der Waals surface area contributed by atoms with E-state index in [1.54, 1.807) is 0 Å². The molecule has 0 saturated carbocycles. The van der Waals surface area contributed by atoms with Crippen molar-refractivity contribution >= 4 is 16.6 Å². The molecular formula is C11H24N2O5S. The molecule has 0 radical (unpaired) electrons. The fourth-order valence-electron chi connectivity index (χ4n) is 2.16. The molecule has 1 rings (SSSR count). The monoisotopic (exact) mass is 296 g/mol. The van der Waals surface area contributed by atoms with Crippen LogP contribution < -0.4 is 5.32 Å². The first-order chi connectivity index (χ1) is 8.73. The van der Waals surface area contributed by atoms with Gasteiger partial charge in [0, 0.05) is 6.42 Å². The highest BCUT2D eigenvalue weighted by Crippen LogP contribution is 2.19. The van der Waals surface area contributed by atoms with Crippen molar-refractivity contribution in [1.82, 2.24) is 5.32 Å². The van der Waals surface area contributed by atoms with Gasteiger partial charge in [0.15, 0.2) is 6.21 Å². The minimum Gasteiger partial charge on any atom is -0.726 e. The van der Waals surface area contributed by atoms with Crippen molar-refractivity contribution in [2.45, 2.75) is 45.9 Å². The third-order valence-electron chi connectivity index (χ3n) is 3.07. The van der Waals surface area contributed by atoms with Crippen molar-refractivity contribution in [3.05, 3.63) is 0 Å². The number of aliphatic hydroxyl groups is 1. The molecule has 19 heavy (non-hydrogen) atoms. The first kappa shape index (κ1) is 18.5. The first-order valence-corrected chi connectivity index (χ1v) is 7.70. The second kappa shape index (κ2) is 7.91. The highest BCUT2D eigenvalue weighted by molar-refractivity contribution is 7.80. The van der Waals surface area contributed by atoms with Crippen LogP contribution in [0.15, 0.2) is 0 Å². The Morgan fingerprint density at radius 2 is 2.11 bits per heavy atom. The Morgan fingerprint density at radius 3 is 2.32 bits per heavy atom. The highest BCUT2D eigenvalue weighted by Gasteiger charge is 2.46. The zero-order valence-electron chi connectivity index (χ0n) is 11.9. The van der Waals surface area contributed by atoms with Gasteiger partial charge >= 0.3 is 0 Å². The minimum atomic E-state index is -4.42. The van der Waals surface area contributed by atoms with E-state index < -0.39 is 10.4 Å². The SMILES string of the molecule is CCOS(=O)(=O)[O-].CC[N+]1=CCNC1(CC)C(C)O. The average Bonchev–Trinajstić information content (AvgIpc) is 2.72. The molecule has 0 aromatic heterocycles. The summed E-state index contributed by atoms with van der Waals surface area (Å²) in [5, 5.41) is 13.0. The summed E-state index contributed by atoms with van der Waals surface area (Å²) in [4.78, 5) is 0. The molecule has 0 aliphatic carbocycles. The zero-order chi connectivity index (χ0) is 15.1. The van der Waals surface area contributed by atoms with Gasteiger partial charge in [0.1, 0.15) is 12.6 Å². The number of likely N-dealkylation sites (N-methyl/N-ethyl adjacent to an activating group) is 1. The number of hydrogen-bond acceptors (Lipinski definition) is 6. The standard InChI is InChI=1S/C9H19N2O.C2H6O4S/c1-4-9(8(3)12)10-6-7-11(9)5-2;1-2-6-7(3,4)5/h7-8,10,12H,4-6H2,1-3H3;2H2,1H3,(H,3,4,5)/q+1;/p-1. The van der Waals surface area contributed by atoms with Gasteiger partial charge in [-0.15, -0.1) is 0 Å². The van der Waals surface area contributed by atoms with Crippen molar-refractivity contribution in [2.75, 3.05) is 19.7 Å². The summed E-state index contributed by atoms with van der Waals surface area (Å²) in [6.45, 7) is 9.20. The Hall–Kier alpha value is -0.540. The van der Waals surface area contributed by atoms with Gasteiger partial charge < -0.3 is 9.66 Å². The Balaban J connectivity index is 0.000000399. The molecule has 114 valence electrons. The van der Waals surface area contributed by atoms with E-state index in [1.807, 2.05) is 6.92 Å².